The molecular formula is C24H17Br2ClN2O4. The average molecular weight is 593 g/mol. The molecule has 3 aromatic rings. The molecule has 0 aliphatic carbocycles. The number of hydrogen-bond acceptors (Lipinski definition) is 5. The quantitative estimate of drug-likeness (QED) is 0.108. The fourth-order valence-corrected chi connectivity index (χ4v) is 3.50. The fourth-order valence-electron chi connectivity index (χ4n) is 2.63. The van der Waals surface area contributed by atoms with Gasteiger partial charge >= 0.3 is 5.97 Å². The molecule has 0 unspecified atom stereocenters. The molecule has 0 aromatic heterocycles. The van der Waals surface area contributed by atoms with Gasteiger partial charge in [-0.15, -0.1) is 0 Å². The number of carbonyl (C=O) groups excluding carboxylic acids is 2. The maximum absolute atomic E-state index is 12.7. The van der Waals surface area contributed by atoms with Crippen LogP contribution in [0.4, 0.5) is 0 Å². The van der Waals surface area contributed by atoms with Gasteiger partial charge in [-0.2, -0.15) is 5.10 Å². The highest BCUT2D eigenvalue weighted by Gasteiger charge is 2.14. The first-order valence-corrected chi connectivity index (χ1v) is 11.5. The van der Waals surface area contributed by atoms with Gasteiger partial charge in [-0.3, -0.25) is 4.79 Å². The number of benzene rings is 3. The minimum absolute atomic E-state index is 0.256. The van der Waals surface area contributed by atoms with Gasteiger partial charge in [0.25, 0.3) is 5.91 Å². The number of amides is 1. The summed E-state index contributed by atoms with van der Waals surface area (Å²) in [7, 11) is 0. The van der Waals surface area contributed by atoms with Gasteiger partial charge in [-0.25, -0.2) is 10.2 Å². The summed E-state index contributed by atoms with van der Waals surface area (Å²) in [5, 5.41) is 4.53. The maximum atomic E-state index is 12.7. The number of ether oxygens (including phenoxy) is 2. The van der Waals surface area contributed by atoms with Crippen molar-refractivity contribution < 1.29 is 19.1 Å². The minimum Gasteiger partial charge on any atom is -0.489 e. The van der Waals surface area contributed by atoms with E-state index in [2.05, 4.69) is 49.0 Å². The van der Waals surface area contributed by atoms with Crippen molar-refractivity contribution in [3.63, 3.8) is 0 Å². The van der Waals surface area contributed by atoms with Gasteiger partial charge in [0.15, 0.2) is 0 Å². The number of hydrazone groups is 1. The highest BCUT2D eigenvalue weighted by Crippen LogP contribution is 2.25. The number of rotatable bonds is 8. The SMILES string of the molecule is C=CCOc1ccc(Br)cc1C(=O)N/N=C\c1cc(Br)ccc1OC(=O)c1ccc(Cl)cc1. The van der Waals surface area contributed by atoms with Crippen LogP contribution in [-0.4, -0.2) is 24.7 Å². The van der Waals surface area contributed by atoms with E-state index >= 15 is 0 Å². The molecule has 0 fully saturated rings. The van der Waals surface area contributed by atoms with Gasteiger partial charge in [0.1, 0.15) is 18.1 Å². The third-order valence-electron chi connectivity index (χ3n) is 4.17. The third-order valence-corrected chi connectivity index (χ3v) is 5.41. The Morgan fingerprint density at radius 3 is 2.36 bits per heavy atom. The highest BCUT2D eigenvalue weighted by atomic mass is 79.9. The van der Waals surface area contributed by atoms with Crippen LogP contribution >= 0.6 is 43.5 Å². The van der Waals surface area contributed by atoms with Crippen LogP contribution in [0.2, 0.25) is 5.02 Å². The molecule has 33 heavy (non-hydrogen) atoms. The summed E-state index contributed by atoms with van der Waals surface area (Å²) in [4.78, 5) is 25.1. The van der Waals surface area contributed by atoms with Gasteiger partial charge in [-0.05, 0) is 60.7 Å². The molecule has 3 rings (SSSR count). The molecule has 0 aliphatic rings. The summed E-state index contributed by atoms with van der Waals surface area (Å²) in [5.74, 6) is -0.355. The van der Waals surface area contributed by atoms with E-state index in [1.54, 1.807) is 66.7 Å². The largest absolute Gasteiger partial charge is 0.489 e. The molecule has 168 valence electrons. The zero-order valence-corrected chi connectivity index (χ0v) is 21.0. The molecule has 9 heteroatoms. The maximum Gasteiger partial charge on any atom is 0.343 e. The smallest absolute Gasteiger partial charge is 0.343 e. The van der Waals surface area contributed by atoms with E-state index in [0.29, 0.717) is 31.9 Å². The summed E-state index contributed by atoms with van der Waals surface area (Å²) in [6, 6.07) is 16.5. The van der Waals surface area contributed by atoms with Gasteiger partial charge < -0.3 is 9.47 Å². The van der Waals surface area contributed by atoms with Crippen LogP contribution in [0.3, 0.4) is 0 Å². The Morgan fingerprint density at radius 2 is 1.67 bits per heavy atom. The van der Waals surface area contributed by atoms with E-state index in [4.69, 9.17) is 21.1 Å². The lowest BCUT2D eigenvalue weighted by atomic mass is 10.2. The van der Waals surface area contributed by atoms with E-state index in [0.717, 1.165) is 4.47 Å². The van der Waals surface area contributed by atoms with Crippen molar-refractivity contribution in [1.82, 2.24) is 5.43 Å². The van der Waals surface area contributed by atoms with Crippen LogP contribution in [0.25, 0.3) is 0 Å². The van der Waals surface area contributed by atoms with Crippen LogP contribution in [0.15, 0.2) is 87.4 Å². The number of nitrogens with zero attached hydrogens (tertiary/aromatic N) is 1. The number of hydrogen-bond donors (Lipinski definition) is 1. The first kappa shape index (κ1) is 24.7. The second kappa shape index (κ2) is 11.8. The second-order valence-corrected chi connectivity index (χ2v) is 8.79. The number of carbonyl (C=O) groups is 2. The minimum atomic E-state index is -0.550. The van der Waals surface area contributed by atoms with Crippen LogP contribution in [0.5, 0.6) is 11.5 Å². The number of nitrogens with one attached hydrogen (secondary N) is 1. The Balaban J connectivity index is 1.76. The summed E-state index contributed by atoms with van der Waals surface area (Å²) in [6.45, 7) is 3.86. The lowest BCUT2D eigenvalue weighted by molar-refractivity contribution is 0.0734. The first-order chi connectivity index (χ1) is 15.9. The molecule has 0 heterocycles. The summed E-state index contributed by atoms with van der Waals surface area (Å²) < 4.78 is 12.5. The predicted octanol–water partition coefficient (Wildman–Crippen LogP) is 6.41. The summed E-state index contributed by atoms with van der Waals surface area (Å²) in [5.41, 5.74) is 3.58. The Labute approximate surface area is 212 Å². The molecule has 0 spiro atoms. The van der Waals surface area contributed by atoms with Crippen molar-refractivity contribution in [2.75, 3.05) is 6.61 Å². The van der Waals surface area contributed by atoms with Crippen LogP contribution in [0.1, 0.15) is 26.3 Å². The monoisotopic (exact) mass is 590 g/mol. The molecule has 0 saturated carbocycles. The lowest BCUT2D eigenvalue weighted by Gasteiger charge is -2.10. The van der Waals surface area contributed by atoms with Crippen molar-refractivity contribution in [2.24, 2.45) is 5.10 Å². The lowest BCUT2D eigenvalue weighted by Crippen LogP contribution is -2.19. The van der Waals surface area contributed by atoms with Crippen molar-refractivity contribution in [3.8, 4) is 11.5 Å². The van der Waals surface area contributed by atoms with Crippen molar-refractivity contribution in [1.29, 1.82) is 0 Å². The molecule has 1 N–H and O–H groups in total. The van der Waals surface area contributed by atoms with Gasteiger partial charge in [-0.1, -0.05) is 56.1 Å². The second-order valence-electron chi connectivity index (χ2n) is 6.52. The van der Waals surface area contributed by atoms with Crippen molar-refractivity contribution >= 4 is 61.6 Å². The zero-order chi connectivity index (χ0) is 23.8. The van der Waals surface area contributed by atoms with Crippen LogP contribution in [-0.2, 0) is 0 Å². The standard InChI is InChI=1S/C24H17Br2ClN2O4/c1-2-11-32-22-10-6-18(26)13-20(22)23(30)29-28-14-16-12-17(25)5-9-21(16)33-24(31)15-3-7-19(27)8-4-15/h2-10,12-14H,1,11H2,(H,29,30)/b28-14-. The van der Waals surface area contributed by atoms with Crippen LogP contribution in [0, 0.1) is 0 Å². The number of esters is 1. The Hall–Kier alpha value is -2.94. The molecule has 3 aromatic carbocycles. The topological polar surface area (TPSA) is 77.0 Å². The Kier molecular flexibility index (Phi) is 8.82. The molecule has 1 amide bonds. The molecule has 0 saturated heterocycles. The molecule has 0 bridgehead atoms. The molecule has 0 atom stereocenters. The van der Waals surface area contributed by atoms with E-state index in [1.807, 2.05) is 0 Å². The van der Waals surface area contributed by atoms with Gasteiger partial charge in [0, 0.05) is 19.5 Å². The Bertz CT molecular complexity index is 1210. The summed E-state index contributed by atoms with van der Waals surface area (Å²) >= 11 is 12.6. The van der Waals surface area contributed by atoms with E-state index in [-0.39, 0.29) is 12.4 Å². The zero-order valence-electron chi connectivity index (χ0n) is 17.1. The fraction of sp³-hybridized carbons (Fsp3) is 0.0417. The normalized spacial score (nSPS) is 10.6. The molecular weight excluding hydrogens is 576 g/mol. The number of halogens is 3. The van der Waals surface area contributed by atoms with Crippen molar-refractivity contribution in [3.05, 3.63) is 104 Å². The van der Waals surface area contributed by atoms with E-state index in [1.165, 1.54) is 6.21 Å². The van der Waals surface area contributed by atoms with Gasteiger partial charge in [0.2, 0.25) is 0 Å². The van der Waals surface area contributed by atoms with Crippen molar-refractivity contribution in [2.45, 2.75) is 0 Å². The molecule has 0 aliphatic heterocycles. The average Bonchev–Trinajstić information content (AvgIpc) is 2.80. The van der Waals surface area contributed by atoms with Crippen LogP contribution < -0.4 is 14.9 Å². The van der Waals surface area contributed by atoms with E-state index < -0.39 is 11.9 Å². The predicted molar refractivity (Wildman–Crippen MR) is 135 cm³/mol. The van der Waals surface area contributed by atoms with E-state index in [9.17, 15) is 9.59 Å². The molecule has 6 nitrogen and oxygen atoms in total. The Morgan fingerprint density at radius 1 is 1.00 bits per heavy atom. The van der Waals surface area contributed by atoms with Gasteiger partial charge in [0.05, 0.1) is 17.3 Å². The summed E-state index contributed by atoms with van der Waals surface area (Å²) in [6.07, 6.45) is 2.97. The highest BCUT2D eigenvalue weighted by molar-refractivity contribution is 9.10. The molecule has 0 radical (unpaired) electrons. The first-order valence-electron chi connectivity index (χ1n) is 9.51. The third kappa shape index (κ3) is 7.02.